The smallest absolute Gasteiger partial charge is 0.195 e. The lowest BCUT2D eigenvalue weighted by atomic mass is 10.1. The lowest BCUT2D eigenvalue weighted by Crippen LogP contribution is -1.95. The summed E-state index contributed by atoms with van der Waals surface area (Å²) in [6.45, 7) is 0.900. The van der Waals surface area contributed by atoms with Crippen molar-refractivity contribution in [1.82, 2.24) is 0 Å². The molecule has 1 saturated carbocycles. The molecule has 0 unspecified atom stereocenters. The molecule has 2 rings (SSSR count). The van der Waals surface area contributed by atoms with Crippen molar-refractivity contribution in [3.63, 3.8) is 0 Å². The summed E-state index contributed by atoms with van der Waals surface area (Å²) in [6, 6.07) is 0. The Morgan fingerprint density at radius 3 is 2.67 bits per heavy atom. The van der Waals surface area contributed by atoms with Crippen LogP contribution in [-0.2, 0) is 4.74 Å². The second kappa shape index (κ2) is 1.72. The molecule has 3 heteroatoms. The number of nitrogens with zero attached hydrogens (tertiary/aromatic N) is 1. The SMILES string of the molecule is BrN=C1CC2(CC2)CO1. The molecule has 50 valence electrons. The van der Waals surface area contributed by atoms with Crippen LogP contribution in [0.3, 0.4) is 0 Å². The van der Waals surface area contributed by atoms with Crippen LogP contribution in [0.15, 0.2) is 4.02 Å². The van der Waals surface area contributed by atoms with Gasteiger partial charge in [0.1, 0.15) is 0 Å². The fraction of sp³-hybridized carbons (Fsp3) is 0.833. The molecule has 9 heavy (non-hydrogen) atoms. The van der Waals surface area contributed by atoms with E-state index in [1.807, 2.05) is 0 Å². The van der Waals surface area contributed by atoms with Crippen LogP contribution >= 0.6 is 16.1 Å². The van der Waals surface area contributed by atoms with E-state index in [1.54, 1.807) is 0 Å². The Balaban J connectivity index is 2.08. The number of ether oxygens (including phenoxy) is 1. The van der Waals surface area contributed by atoms with Crippen molar-refractivity contribution >= 4 is 22.0 Å². The lowest BCUT2D eigenvalue weighted by Gasteiger charge is -1.93. The van der Waals surface area contributed by atoms with Gasteiger partial charge in [-0.25, -0.2) is 0 Å². The predicted octanol–water partition coefficient (Wildman–Crippen LogP) is 1.90. The largest absolute Gasteiger partial charge is 0.480 e. The standard InChI is InChI=1S/C6H8BrNO/c7-8-5-3-6(1-2-6)4-9-5/h1-4H2. The van der Waals surface area contributed by atoms with Crippen LogP contribution < -0.4 is 0 Å². The fourth-order valence-electron chi connectivity index (χ4n) is 1.21. The molecule has 0 N–H and O–H groups in total. The van der Waals surface area contributed by atoms with Crippen LogP contribution in [0.25, 0.3) is 0 Å². The summed E-state index contributed by atoms with van der Waals surface area (Å²) in [7, 11) is 0. The first-order valence-corrected chi connectivity index (χ1v) is 3.86. The van der Waals surface area contributed by atoms with Gasteiger partial charge in [-0.3, -0.25) is 0 Å². The van der Waals surface area contributed by atoms with Gasteiger partial charge in [-0.15, -0.1) is 0 Å². The molecule has 0 aromatic carbocycles. The Morgan fingerprint density at radius 1 is 1.56 bits per heavy atom. The molecule has 1 spiro atoms. The van der Waals surface area contributed by atoms with E-state index in [0.29, 0.717) is 5.41 Å². The van der Waals surface area contributed by atoms with E-state index >= 15 is 0 Å². The molecule has 2 nitrogen and oxygen atoms in total. The summed E-state index contributed by atoms with van der Waals surface area (Å²) in [4.78, 5) is 0. The van der Waals surface area contributed by atoms with Crippen molar-refractivity contribution in [3.05, 3.63) is 0 Å². The van der Waals surface area contributed by atoms with Crippen molar-refractivity contribution in [1.29, 1.82) is 0 Å². The molecule has 0 radical (unpaired) electrons. The van der Waals surface area contributed by atoms with Gasteiger partial charge in [0.25, 0.3) is 0 Å². The zero-order chi connectivity index (χ0) is 6.32. The second-order valence-corrected chi connectivity index (χ2v) is 3.30. The molecule has 0 amide bonds. The zero-order valence-corrected chi connectivity index (χ0v) is 6.65. The van der Waals surface area contributed by atoms with Gasteiger partial charge in [0.2, 0.25) is 0 Å². The minimum absolute atomic E-state index is 0.534. The van der Waals surface area contributed by atoms with E-state index in [-0.39, 0.29) is 0 Å². The maximum absolute atomic E-state index is 5.28. The molecule has 1 aliphatic carbocycles. The zero-order valence-electron chi connectivity index (χ0n) is 5.06. The topological polar surface area (TPSA) is 21.6 Å². The highest BCUT2D eigenvalue weighted by Crippen LogP contribution is 2.52. The molecular weight excluding hydrogens is 182 g/mol. The van der Waals surface area contributed by atoms with E-state index < -0.39 is 0 Å². The van der Waals surface area contributed by atoms with Crippen molar-refractivity contribution in [2.45, 2.75) is 19.3 Å². The number of halogens is 1. The molecule has 1 aliphatic heterocycles. The average molecular weight is 190 g/mol. The third-order valence-corrected chi connectivity index (χ3v) is 2.52. The van der Waals surface area contributed by atoms with Crippen molar-refractivity contribution in [3.8, 4) is 0 Å². The number of rotatable bonds is 0. The summed E-state index contributed by atoms with van der Waals surface area (Å²) in [5, 5.41) is 0. The number of hydrogen-bond donors (Lipinski definition) is 0. The highest BCUT2D eigenvalue weighted by Gasteiger charge is 2.49. The molecule has 0 bridgehead atoms. The molecule has 2 aliphatic rings. The predicted molar refractivity (Wildman–Crippen MR) is 38.6 cm³/mol. The summed E-state index contributed by atoms with van der Waals surface area (Å²) in [5.74, 6) is 0.882. The van der Waals surface area contributed by atoms with E-state index in [4.69, 9.17) is 4.74 Å². The first-order chi connectivity index (χ1) is 4.35. The van der Waals surface area contributed by atoms with E-state index in [1.165, 1.54) is 12.8 Å². The van der Waals surface area contributed by atoms with E-state index in [2.05, 4.69) is 20.2 Å². The Kier molecular flexibility index (Phi) is 1.09. The fourth-order valence-corrected chi connectivity index (χ4v) is 1.44. The van der Waals surface area contributed by atoms with Crippen LogP contribution in [-0.4, -0.2) is 12.5 Å². The van der Waals surface area contributed by atoms with Crippen molar-refractivity contribution in [2.75, 3.05) is 6.61 Å². The summed E-state index contributed by atoms with van der Waals surface area (Å²) < 4.78 is 9.11. The monoisotopic (exact) mass is 189 g/mol. The summed E-state index contributed by atoms with van der Waals surface area (Å²) in [5.41, 5.74) is 0.534. The van der Waals surface area contributed by atoms with Gasteiger partial charge in [-0.2, -0.15) is 4.02 Å². The highest BCUT2D eigenvalue weighted by atomic mass is 79.9. The number of hydrogen-bond acceptors (Lipinski definition) is 2. The minimum atomic E-state index is 0.534. The maximum Gasteiger partial charge on any atom is 0.195 e. The minimum Gasteiger partial charge on any atom is -0.480 e. The third-order valence-electron chi connectivity index (χ3n) is 2.12. The van der Waals surface area contributed by atoms with Crippen LogP contribution in [0.2, 0.25) is 0 Å². The Morgan fingerprint density at radius 2 is 2.33 bits per heavy atom. The highest BCUT2D eigenvalue weighted by molar-refractivity contribution is 9.08. The van der Waals surface area contributed by atoms with Gasteiger partial charge in [0, 0.05) is 11.8 Å². The average Bonchev–Trinajstić information content (AvgIpc) is 2.44. The lowest BCUT2D eigenvalue weighted by molar-refractivity contribution is 0.290. The Hall–Kier alpha value is -0.0500. The van der Waals surface area contributed by atoms with Gasteiger partial charge in [0.15, 0.2) is 5.90 Å². The molecule has 0 atom stereocenters. The summed E-state index contributed by atoms with van der Waals surface area (Å²) in [6.07, 6.45) is 3.72. The summed E-state index contributed by atoms with van der Waals surface area (Å²) >= 11 is 3.02. The Bertz CT molecular complexity index is 162. The first kappa shape index (κ1) is 5.71. The van der Waals surface area contributed by atoms with E-state index in [9.17, 15) is 0 Å². The first-order valence-electron chi connectivity index (χ1n) is 3.15. The van der Waals surface area contributed by atoms with Gasteiger partial charge in [-0.05, 0) is 12.8 Å². The molecule has 2 fully saturated rings. The molecular formula is C6H8BrNO. The quantitative estimate of drug-likeness (QED) is 0.571. The normalized spacial score (nSPS) is 33.2. The molecule has 0 aromatic rings. The van der Waals surface area contributed by atoms with Crippen molar-refractivity contribution in [2.24, 2.45) is 9.43 Å². The van der Waals surface area contributed by atoms with Crippen molar-refractivity contribution < 1.29 is 4.74 Å². The van der Waals surface area contributed by atoms with Crippen LogP contribution in [0.4, 0.5) is 0 Å². The van der Waals surface area contributed by atoms with Crippen LogP contribution in [0, 0.1) is 5.41 Å². The van der Waals surface area contributed by atoms with Gasteiger partial charge in [-0.1, -0.05) is 0 Å². The van der Waals surface area contributed by atoms with Gasteiger partial charge < -0.3 is 4.74 Å². The third kappa shape index (κ3) is 0.874. The Labute approximate surface area is 62.6 Å². The molecule has 1 heterocycles. The molecule has 0 aromatic heterocycles. The van der Waals surface area contributed by atoms with Crippen LogP contribution in [0.1, 0.15) is 19.3 Å². The molecule has 1 saturated heterocycles. The second-order valence-electron chi connectivity index (χ2n) is 2.94. The van der Waals surface area contributed by atoms with Crippen LogP contribution in [0.5, 0.6) is 0 Å². The van der Waals surface area contributed by atoms with Gasteiger partial charge >= 0.3 is 0 Å². The maximum atomic E-state index is 5.28. The van der Waals surface area contributed by atoms with E-state index in [0.717, 1.165) is 18.9 Å². The van der Waals surface area contributed by atoms with Gasteiger partial charge in [0.05, 0.1) is 22.8 Å².